The van der Waals surface area contributed by atoms with Crippen LogP contribution in [0.15, 0.2) is 16.7 Å². The van der Waals surface area contributed by atoms with E-state index in [0.29, 0.717) is 22.2 Å². The predicted molar refractivity (Wildman–Crippen MR) is 69.2 cm³/mol. The van der Waals surface area contributed by atoms with E-state index in [1.165, 1.54) is 7.11 Å². The van der Waals surface area contributed by atoms with Crippen LogP contribution in [0.3, 0.4) is 0 Å². The normalized spacial score (nSPS) is 10.4. The molecule has 0 unspecified atom stereocenters. The Morgan fingerprint density at radius 3 is 2.50 bits per heavy atom. The van der Waals surface area contributed by atoms with Crippen molar-refractivity contribution < 1.29 is 14.0 Å². The van der Waals surface area contributed by atoms with Crippen LogP contribution in [0.5, 0.6) is 11.5 Å². The topological polar surface area (TPSA) is 70.5 Å². The van der Waals surface area contributed by atoms with Crippen LogP contribution in [0, 0.1) is 6.92 Å². The first-order chi connectivity index (χ1) is 8.58. The Morgan fingerprint density at radius 2 is 2.00 bits per heavy atom. The fraction of sp³-hybridized carbons (Fsp3) is 0.250. The van der Waals surface area contributed by atoms with Gasteiger partial charge in [-0.25, -0.2) is 0 Å². The largest absolute Gasteiger partial charge is 0.493 e. The maximum Gasteiger partial charge on any atom is 0.222 e. The minimum Gasteiger partial charge on any atom is -0.493 e. The number of rotatable bonds is 3. The quantitative estimate of drug-likeness (QED) is 0.927. The summed E-state index contributed by atoms with van der Waals surface area (Å²) in [6.07, 6.45) is 0. The molecule has 2 N–H and O–H groups in total. The summed E-state index contributed by atoms with van der Waals surface area (Å²) in [6, 6.07) is 3.42. The zero-order valence-corrected chi connectivity index (χ0v) is 11.0. The van der Waals surface area contributed by atoms with Gasteiger partial charge in [0.05, 0.1) is 19.2 Å². The van der Waals surface area contributed by atoms with Gasteiger partial charge in [0, 0.05) is 11.6 Å². The molecular weight excluding hydrogens is 256 g/mol. The smallest absolute Gasteiger partial charge is 0.222 e. The summed E-state index contributed by atoms with van der Waals surface area (Å²) < 4.78 is 15.3. The number of nitrogens with two attached hydrogens (primary N) is 1. The fourth-order valence-corrected chi connectivity index (χ4v) is 2.00. The zero-order valence-electron chi connectivity index (χ0n) is 10.3. The molecule has 5 nitrogen and oxygen atoms in total. The van der Waals surface area contributed by atoms with Crippen molar-refractivity contribution in [3.8, 4) is 22.8 Å². The van der Waals surface area contributed by atoms with Gasteiger partial charge >= 0.3 is 0 Å². The van der Waals surface area contributed by atoms with Crippen molar-refractivity contribution in [3.05, 3.63) is 22.7 Å². The van der Waals surface area contributed by atoms with Crippen molar-refractivity contribution in [1.29, 1.82) is 0 Å². The van der Waals surface area contributed by atoms with Gasteiger partial charge in [-0.05, 0) is 18.6 Å². The number of nitrogen functional groups attached to an aromatic ring is 1. The molecule has 0 aliphatic carbocycles. The summed E-state index contributed by atoms with van der Waals surface area (Å²) in [6.45, 7) is 1.87. The van der Waals surface area contributed by atoms with Gasteiger partial charge in [0.25, 0.3) is 0 Å². The second-order valence-electron chi connectivity index (χ2n) is 3.71. The Kier molecular flexibility index (Phi) is 3.34. The summed E-state index contributed by atoms with van der Waals surface area (Å²) in [5.41, 5.74) is 7.73. The lowest BCUT2D eigenvalue weighted by Gasteiger charge is -2.13. The number of benzene rings is 1. The molecule has 18 heavy (non-hydrogen) atoms. The van der Waals surface area contributed by atoms with Crippen LogP contribution in [0.1, 0.15) is 5.56 Å². The summed E-state index contributed by atoms with van der Waals surface area (Å²) in [4.78, 5) is 0. The van der Waals surface area contributed by atoms with Crippen LogP contribution in [0.25, 0.3) is 11.3 Å². The van der Waals surface area contributed by atoms with Crippen molar-refractivity contribution >= 4 is 17.5 Å². The van der Waals surface area contributed by atoms with E-state index in [-0.39, 0.29) is 5.88 Å². The highest BCUT2D eigenvalue weighted by molar-refractivity contribution is 6.33. The number of ether oxygens (including phenoxy) is 2. The van der Waals surface area contributed by atoms with Gasteiger partial charge in [-0.1, -0.05) is 16.8 Å². The number of nitrogens with zero attached hydrogens (tertiary/aromatic N) is 1. The van der Waals surface area contributed by atoms with Crippen LogP contribution in [-0.4, -0.2) is 19.4 Å². The Labute approximate surface area is 109 Å². The molecule has 6 heteroatoms. The standard InChI is InChI=1S/C12H13ClN2O3/c1-6-7(8-5-10(14)18-15-8)4-9(16-2)12(17-3)11(6)13/h4-5H,14H2,1-3H3. The summed E-state index contributed by atoms with van der Waals surface area (Å²) in [7, 11) is 3.08. The van der Waals surface area contributed by atoms with E-state index < -0.39 is 0 Å². The molecule has 0 aliphatic heterocycles. The van der Waals surface area contributed by atoms with Gasteiger partial charge in [-0.2, -0.15) is 0 Å². The van der Waals surface area contributed by atoms with E-state index in [9.17, 15) is 0 Å². The maximum absolute atomic E-state index is 6.24. The number of aromatic nitrogens is 1. The third-order valence-corrected chi connectivity index (χ3v) is 3.12. The molecule has 0 saturated carbocycles. The summed E-state index contributed by atoms with van der Waals surface area (Å²) in [5, 5.41) is 4.34. The Hall–Kier alpha value is -1.88. The van der Waals surface area contributed by atoms with Gasteiger partial charge < -0.3 is 19.7 Å². The fourth-order valence-electron chi connectivity index (χ4n) is 1.73. The minimum absolute atomic E-state index is 0.246. The SMILES string of the molecule is COc1cc(-c2cc(N)on2)c(C)c(Cl)c1OC. The molecule has 2 aromatic rings. The molecule has 0 saturated heterocycles. The van der Waals surface area contributed by atoms with E-state index in [0.717, 1.165) is 11.1 Å². The van der Waals surface area contributed by atoms with Crippen LogP contribution >= 0.6 is 11.6 Å². The molecule has 0 radical (unpaired) electrons. The van der Waals surface area contributed by atoms with Gasteiger partial charge in [0.1, 0.15) is 5.69 Å². The second-order valence-corrected chi connectivity index (χ2v) is 4.09. The Morgan fingerprint density at radius 1 is 1.28 bits per heavy atom. The number of halogens is 1. The van der Waals surface area contributed by atoms with E-state index in [2.05, 4.69) is 5.16 Å². The Balaban J connectivity index is 2.65. The molecule has 0 bridgehead atoms. The maximum atomic E-state index is 6.24. The lowest BCUT2D eigenvalue weighted by atomic mass is 10.0. The molecule has 0 aliphatic rings. The van der Waals surface area contributed by atoms with Crippen LogP contribution in [-0.2, 0) is 0 Å². The van der Waals surface area contributed by atoms with Crippen molar-refractivity contribution in [2.75, 3.05) is 20.0 Å². The van der Waals surface area contributed by atoms with Crippen molar-refractivity contribution in [1.82, 2.24) is 5.16 Å². The lowest BCUT2D eigenvalue weighted by molar-refractivity contribution is 0.355. The molecule has 0 fully saturated rings. The lowest BCUT2D eigenvalue weighted by Crippen LogP contribution is -1.95. The number of methoxy groups -OCH3 is 2. The second kappa shape index (κ2) is 4.78. The van der Waals surface area contributed by atoms with Gasteiger partial charge in [0.15, 0.2) is 11.5 Å². The molecule has 96 valence electrons. The molecule has 2 rings (SSSR count). The molecule has 0 spiro atoms. The van der Waals surface area contributed by atoms with Crippen LogP contribution < -0.4 is 15.2 Å². The van der Waals surface area contributed by atoms with Crippen molar-refractivity contribution in [3.63, 3.8) is 0 Å². The first-order valence-electron chi connectivity index (χ1n) is 5.22. The third kappa shape index (κ3) is 1.97. The van der Waals surface area contributed by atoms with Crippen molar-refractivity contribution in [2.24, 2.45) is 0 Å². The molecule has 0 atom stereocenters. The summed E-state index contributed by atoms with van der Waals surface area (Å²) in [5.74, 6) is 1.27. The molecular formula is C12H13ClN2O3. The highest BCUT2D eigenvalue weighted by atomic mass is 35.5. The first-order valence-corrected chi connectivity index (χ1v) is 5.60. The van der Waals surface area contributed by atoms with Gasteiger partial charge in [0.2, 0.25) is 5.88 Å². The Bertz CT molecular complexity index is 581. The van der Waals surface area contributed by atoms with Gasteiger partial charge in [-0.3, -0.25) is 0 Å². The molecule has 1 heterocycles. The highest BCUT2D eigenvalue weighted by Gasteiger charge is 2.18. The van der Waals surface area contributed by atoms with Crippen molar-refractivity contribution in [2.45, 2.75) is 6.92 Å². The van der Waals surface area contributed by atoms with E-state index in [4.69, 9.17) is 31.3 Å². The molecule has 1 aromatic heterocycles. The third-order valence-electron chi connectivity index (χ3n) is 2.66. The predicted octanol–water partition coefficient (Wildman–Crippen LogP) is 2.90. The summed E-state index contributed by atoms with van der Waals surface area (Å²) >= 11 is 6.24. The highest BCUT2D eigenvalue weighted by Crippen LogP contribution is 2.42. The average Bonchev–Trinajstić information content (AvgIpc) is 2.78. The zero-order chi connectivity index (χ0) is 13.3. The average molecular weight is 269 g/mol. The molecule has 0 amide bonds. The van der Waals surface area contributed by atoms with E-state index in [1.54, 1.807) is 19.2 Å². The van der Waals surface area contributed by atoms with E-state index >= 15 is 0 Å². The van der Waals surface area contributed by atoms with Crippen LogP contribution in [0.4, 0.5) is 5.88 Å². The molecule has 1 aromatic carbocycles. The number of hydrogen-bond donors (Lipinski definition) is 1. The monoisotopic (exact) mass is 268 g/mol. The van der Waals surface area contributed by atoms with Gasteiger partial charge in [-0.15, -0.1) is 0 Å². The number of hydrogen-bond acceptors (Lipinski definition) is 5. The van der Waals surface area contributed by atoms with E-state index in [1.807, 2.05) is 6.92 Å². The first kappa shape index (κ1) is 12.6. The van der Waals surface area contributed by atoms with Crippen LogP contribution in [0.2, 0.25) is 5.02 Å². The number of anilines is 1. The minimum atomic E-state index is 0.246.